The van der Waals surface area contributed by atoms with E-state index in [0.29, 0.717) is 0 Å². The SMILES string of the molecule is BrC1=C(C2=C(Br)c3ccccc3/C2=C(/Br)c2ccccc2)/C(=C(\Br)c2ccccc2)c2ccccc21. The third kappa shape index (κ3) is 3.90. The molecule has 0 saturated heterocycles. The van der Waals surface area contributed by atoms with Crippen molar-refractivity contribution in [2.45, 2.75) is 0 Å². The quantitative estimate of drug-likeness (QED) is 0.198. The van der Waals surface area contributed by atoms with E-state index in [1.165, 1.54) is 33.4 Å². The molecule has 6 rings (SSSR count). The Kier molecular flexibility index (Phi) is 6.64. The number of fused-ring (bicyclic) bond motifs is 2. The summed E-state index contributed by atoms with van der Waals surface area (Å²) in [6.45, 7) is 0. The molecule has 0 unspecified atom stereocenters. The highest BCUT2D eigenvalue weighted by Crippen LogP contribution is 2.59. The standard InChI is InChI=1S/C32H18Br4/c33-29(19-11-3-1-4-12-19)25-21-15-7-9-17-23(21)31(35)27(25)28-26(30(34)20-13-5-2-6-14-20)22-16-8-10-18-24(22)32(28)36/h1-18H/b29-25-,30-26-. The second kappa shape index (κ2) is 9.90. The molecule has 0 bridgehead atoms. The van der Waals surface area contributed by atoms with Crippen molar-refractivity contribution in [3.05, 3.63) is 154 Å². The lowest BCUT2D eigenvalue weighted by molar-refractivity contribution is 1.58. The van der Waals surface area contributed by atoms with Crippen molar-refractivity contribution in [1.29, 1.82) is 0 Å². The highest BCUT2D eigenvalue weighted by molar-refractivity contribution is 9.15. The number of hydrogen-bond donors (Lipinski definition) is 0. The molecule has 2 aliphatic carbocycles. The van der Waals surface area contributed by atoms with Crippen LogP contribution in [-0.2, 0) is 0 Å². The van der Waals surface area contributed by atoms with Crippen molar-refractivity contribution in [2.75, 3.05) is 0 Å². The lowest BCUT2D eigenvalue weighted by Gasteiger charge is -2.17. The Hall–Kier alpha value is -2.24. The summed E-state index contributed by atoms with van der Waals surface area (Å²) in [4.78, 5) is 0. The highest BCUT2D eigenvalue weighted by atomic mass is 79.9. The smallest absolute Gasteiger partial charge is 0.0339 e. The summed E-state index contributed by atoms with van der Waals surface area (Å²) in [5.74, 6) is 0. The predicted octanol–water partition coefficient (Wildman–Crippen LogP) is 11.2. The van der Waals surface area contributed by atoms with Crippen LogP contribution in [-0.4, -0.2) is 0 Å². The molecule has 0 aliphatic heterocycles. The van der Waals surface area contributed by atoms with Crippen LogP contribution in [0.15, 0.2) is 120 Å². The Morgan fingerprint density at radius 1 is 0.389 bits per heavy atom. The van der Waals surface area contributed by atoms with Crippen molar-refractivity contribution in [2.24, 2.45) is 0 Å². The maximum absolute atomic E-state index is 4.03. The Balaban J connectivity index is 1.70. The van der Waals surface area contributed by atoms with Crippen LogP contribution >= 0.6 is 63.7 Å². The molecule has 2 aliphatic rings. The van der Waals surface area contributed by atoms with Gasteiger partial charge in [-0.25, -0.2) is 0 Å². The molecule has 0 nitrogen and oxygen atoms in total. The summed E-state index contributed by atoms with van der Waals surface area (Å²) in [5.41, 5.74) is 11.7. The number of hydrogen-bond acceptors (Lipinski definition) is 0. The lowest BCUT2D eigenvalue weighted by Crippen LogP contribution is -1.96. The minimum Gasteiger partial charge on any atom is -0.0622 e. The summed E-state index contributed by atoms with van der Waals surface area (Å²) in [5, 5.41) is 0. The fraction of sp³-hybridized carbons (Fsp3) is 0. The van der Waals surface area contributed by atoms with E-state index in [0.717, 1.165) is 40.2 Å². The normalized spacial score (nSPS) is 17.3. The van der Waals surface area contributed by atoms with Crippen LogP contribution < -0.4 is 0 Å². The average molecular weight is 722 g/mol. The number of allylic oxidation sites excluding steroid dienone is 4. The van der Waals surface area contributed by atoms with Crippen LogP contribution in [0.5, 0.6) is 0 Å². The van der Waals surface area contributed by atoms with Crippen molar-refractivity contribution in [3.8, 4) is 0 Å². The van der Waals surface area contributed by atoms with Gasteiger partial charge in [-0.1, -0.05) is 109 Å². The average Bonchev–Trinajstić information content (AvgIpc) is 3.39. The van der Waals surface area contributed by atoms with Crippen LogP contribution in [0.25, 0.3) is 29.1 Å². The molecule has 0 spiro atoms. The molecule has 4 aromatic rings. The summed E-state index contributed by atoms with van der Waals surface area (Å²) in [6.07, 6.45) is 0. The molecule has 0 heterocycles. The maximum Gasteiger partial charge on any atom is 0.0339 e. The molecule has 0 radical (unpaired) electrons. The fourth-order valence-electron chi connectivity index (χ4n) is 4.93. The number of rotatable bonds is 3. The number of halogens is 4. The first-order chi connectivity index (χ1) is 17.6. The van der Waals surface area contributed by atoms with Crippen LogP contribution in [0, 0.1) is 0 Å². The first kappa shape index (κ1) is 24.1. The van der Waals surface area contributed by atoms with Gasteiger partial charge in [-0.3, -0.25) is 0 Å². The zero-order valence-corrected chi connectivity index (χ0v) is 25.2. The Bertz CT molecular complexity index is 1510. The monoisotopic (exact) mass is 718 g/mol. The van der Waals surface area contributed by atoms with E-state index in [2.05, 4.69) is 161 Å². The van der Waals surface area contributed by atoms with Gasteiger partial charge in [0.2, 0.25) is 0 Å². The van der Waals surface area contributed by atoms with Crippen LogP contribution in [0.4, 0.5) is 0 Å². The van der Waals surface area contributed by atoms with Crippen molar-refractivity contribution >= 4 is 92.8 Å². The molecule has 36 heavy (non-hydrogen) atoms. The third-order valence-electron chi connectivity index (χ3n) is 6.55. The maximum atomic E-state index is 4.03. The van der Waals surface area contributed by atoms with E-state index in [9.17, 15) is 0 Å². The van der Waals surface area contributed by atoms with Gasteiger partial charge in [-0.15, -0.1) is 0 Å². The summed E-state index contributed by atoms with van der Waals surface area (Å²) in [7, 11) is 0. The zero-order chi connectivity index (χ0) is 24.8. The van der Waals surface area contributed by atoms with Crippen LogP contribution in [0.1, 0.15) is 33.4 Å². The fourth-order valence-corrected chi connectivity index (χ4v) is 7.76. The molecule has 0 N–H and O–H groups in total. The van der Waals surface area contributed by atoms with Gasteiger partial charge in [0.05, 0.1) is 0 Å². The van der Waals surface area contributed by atoms with Gasteiger partial charge in [-0.2, -0.15) is 0 Å². The Morgan fingerprint density at radius 2 is 0.694 bits per heavy atom. The van der Waals surface area contributed by atoms with Crippen molar-refractivity contribution in [3.63, 3.8) is 0 Å². The first-order valence-electron chi connectivity index (χ1n) is 11.5. The minimum absolute atomic E-state index is 1.07. The predicted molar refractivity (Wildman–Crippen MR) is 169 cm³/mol. The third-order valence-corrected chi connectivity index (χ3v) is 9.90. The molecule has 0 atom stereocenters. The summed E-state index contributed by atoms with van der Waals surface area (Å²) < 4.78 is 4.32. The van der Waals surface area contributed by atoms with Gasteiger partial charge in [0.1, 0.15) is 0 Å². The molecule has 4 heteroatoms. The molecular formula is C32H18Br4. The van der Waals surface area contributed by atoms with Gasteiger partial charge < -0.3 is 0 Å². The molecule has 174 valence electrons. The first-order valence-corrected chi connectivity index (χ1v) is 14.7. The van der Waals surface area contributed by atoms with Gasteiger partial charge in [0, 0.05) is 40.2 Å². The molecule has 0 saturated carbocycles. The van der Waals surface area contributed by atoms with Gasteiger partial charge in [0.25, 0.3) is 0 Å². The van der Waals surface area contributed by atoms with Gasteiger partial charge in [0.15, 0.2) is 0 Å². The van der Waals surface area contributed by atoms with E-state index in [4.69, 9.17) is 0 Å². The highest BCUT2D eigenvalue weighted by Gasteiger charge is 2.37. The van der Waals surface area contributed by atoms with Crippen molar-refractivity contribution in [1.82, 2.24) is 0 Å². The Morgan fingerprint density at radius 3 is 1.06 bits per heavy atom. The topological polar surface area (TPSA) is 0 Å². The molecule has 0 fully saturated rings. The molecular weight excluding hydrogens is 704 g/mol. The van der Waals surface area contributed by atoms with Gasteiger partial charge >= 0.3 is 0 Å². The van der Waals surface area contributed by atoms with E-state index >= 15 is 0 Å². The Labute approximate surface area is 244 Å². The largest absolute Gasteiger partial charge is 0.0622 e. The van der Waals surface area contributed by atoms with Crippen LogP contribution in [0.2, 0.25) is 0 Å². The van der Waals surface area contributed by atoms with Crippen molar-refractivity contribution < 1.29 is 0 Å². The zero-order valence-electron chi connectivity index (χ0n) is 18.9. The minimum atomic E-state index is 1.07. The van der Waals surface area contributed by atoms with E-state index in [1.54, 1.807) is 0 Å². The second-order valence-electron chi connectivity index (χ2n) is 8.58. The van der Waals surface area contributed by atoms with Gasteiger partial charge in [-0.05, 0) is 97.1 Å². The molecule has 0 amide bonds. The summed E-state index contributed by atoms with van der Waals surface area (Å²) in [6, 6.07) is 38.2. The van der Waals surface area contributed by atoms with E-state index < -0.39 is 0 Å². The second-order valence-corrected chi connectivity index (χ2v) is 11.8. The molecule has 4 aromatic carbocycles. The lowest BCUT2D eigenvalue weighted by atomic mass is 9.90. The van der Waals surface area contributed by atoms with Crippen LogP contribution in [0.3, 0.4) is 0 Å². The van der Waals surface area contributed by atoms with E-state index in [-0.39, 0.29) is 0 Å². The summed E-state index contributed by atoms with van der Waals surface area (Å²) >= 11 is 16.1. The number of benzene rings is 4. The van der Waals surface area contributed by atoms with E-state index in [1.807, 2.05) is 12.1 Å². The molecule has 0 aromatic heterocycles.